The third-order valence-corrected chi connectivity index (χ3v) is 6.03. The molecule has 0 spiro atoms. The summed E-state index contributed by atoms with van der Waals surface area (Å²) in [6.45, 7) is 6.00. The van der Waals surface area contributed by atoms with Crippen molar-refractivity contribution in [2.45, 2.75) is 43.9 Å². The Morgan fingerprint density at radius 3 is 2.19 bits per heavy atom. The van der Waals surface area contributed by atoms with Crippen LogP contribution in [0.15, 0.2) is 71.6 Å². The quantitative estimate of drug-likeness (QED) is 0.392. The van der Waals surface area contributed by atoms with E-state index in [9.17, 15) is 13.6 Å². The van der Waals surface area contributed by atoms with Crippen LogP contribution in [-0.4, -0.2) is 11.7 Å². The summed E-state index contributed by atoms with van der Waals surface area (Å²) in [4.78, 5) is 13.6. The van der Waals surface area contributed by atoms with Crippen molar-refractivity contribution in [3.8, 4) is 0 Å². The van der Waals surface area contributed by atoms with Crippen molar-refractivity contribution >= 4 is 23.4 Å². The monoisotopic (exact) mass is 439 g/mol. The van der Waals surface area contributed by atoms with Crippen molar-refractivity contribution in [2.24, 2.45) is 0 Å². The van der Waals surface area contributed by atoms with Crippen LogP contribution >= 0.6 is 11.8 Å². The van der Waals surface area contributed by atoms with E-state index in [1.807, 2.05) is 38.1 Å². The number of nitrogens with one attached hydrogen (secondary N) is 1. The highest BCUT2D eigenvalue weighted by atomic mass is 32.2. The maximum Gasteiger partial charge on any atom is 0.228 e. The van der Waals surface area contributed by atoms with E-state index in [1.165, 1.54) is 23.1 Å². The van der Waals surface area contributed by atoms with Crippen molar-refractivity contribution in [1.82, 2.24) is 0 Å². The molecule has 3 aromatic carbocycles. The Morgan fingerprint density at radius 1 is 0.935 bits per heavy atom. The summed E-state index contributed by atoms with van der Waals surface area (Å²) in [6.07, 6.45) is 0.804. The number of halogens is 2. The number of thioether (sulfide) groups is 1. The summed E-state index contributed by atoms with van der Waals surface area (Å²) >= 11 is 1.75. The van der Waals surface area contributed by atoms with E-state index in [1.54, 1.807) is 36.0 Å². The second-order valence-electron chi connectivity index (χ2n) is 8.18. The number of hydrogen-bond acceptors (Lipinski definition) is 2. The molecule has 31 heavy (non-hydrogen) atoms. The number of hydrogen-bond donors (Lipinski definition) is 1. The topological polar surface area (TPSA) is 29.1 Å². The fourth-order valence-corrected chi connectivity index (χ4v) is 4.27. The molecule has 3 rings (SSSR count). The zero-order chi connectivity index (χ0) is 22.4. The predicted octanol–water partition coefficient (Wildman–Crippen LogP) is 6.78. The first-order valence-corrected chi connectivity index (χ1v) is 11.3. The SMILES string of the molecule is CCSc1ccc(CC(=O)Nc2ccc(C(C)(C)Cc3ccc(F)cc3)c(F)c2)cc1. The summed E-state index contributed by atoms with van der Waals surface area (Å²) in [7, 11) is 0. The van der Waals surface area contributed by atoms with Gasteiger partial charge >= 0.3 is 0 Å². The molecule has 0 saturated carbocycles. The Bertz CT molecular complexity index is 1030. The second kappa shape index (κ2) is 10.1. The molecule has 0 saturated heterocycles. The third-order valence-electron chi connectivity index (χ3n) is 5.14. The van der Waals surface area contributed by atoms with Crippen molar-refractivity contribution in [3.63, 3.8) is 0 Å². The summed E-state index contributed by atoms with van der Waals surface area (Å²) in [5, 5.41) is 2.78. The molecule has 0 heterocycles. The van der Waals surface area contributed by atoms with E-state index in [-0.39, 0.29) is 24.0 Å². The number of benzene rings is 3. The van der Waals surface area contributed by atoms with Crippen LogP contribution < -0.4 is 5.32 Å². The zero-order valence-electron chi connectivity index (χ0n) is 18.0. The molecule has 0 aliphatic rings. The van der Waals surface area contributed by atoms with Crippen LogP contribution in [0.5, 0.6) is 0 Å². The van der Waals surface area contributed by atoms with Gasteiger partial charge in [0, 0.05) is 10.6 Å². The van der Waals surface area contributed by atoms with Gasteiger partial charge in [0.1, 0.15) is 11.6 Å². The zero-order valence-corrected chi connectivity index (χ0v) is 18.9. The molecular formula is C26H27F2NOS. The molecule has 0 unspecified atom stereocenters. The Morgan fingerprint density at radius 2 is 1.58 bits per heavy atom. The lowest BCUT2D eigenvalue weighted by Gasteiger charge is -2.26. The van der Waals surface area contributed by atoms with Gasteiger partial charge in [-0.1, -0.05) is 51.1 Å². The molecule has 0 fully saturated rings. The smallest absolute Gasteiger partial charge is 0.228 e. The summed E-state index contributed by atoms with van der Waals surface area (Å²) in [5.74, 6) is 0.158. The van der Waals surface area contributed by atoms with E-state index in [2.05, 4.69) is 12.2 Å². The molecule has 0 bridgehead atoms. The fraction of sp³-hybridized carbons (Fsp3) is 0.269. The maximum atomic E-state index is 14.9. The van der Waals surface area contributed by atoms with Crippen LogP contribution in [0.3, 0.4) is 0 Å². The number of anilines is 1. The number of carbonyl (C=O) groups excluding carboxylic acids is 1. The van der Waals surface area contributed by atoms with E-state index in [4.69, 9.17) is 0 Å². The fourth-order valence-electron chi connectivity index (χ4n) is 3.61. The van der Waals surface area contributed by atoms with Crippen molar-refractivity contribution in [1.29, 1.82) is 0 Å². The molecule has 0 aliphatic carbocycles. The molecule has 1 amide bonds. The molecule has 2 nitrogen and oxygen atoms in total. The summed E-state index contributed by atoms with van der Waals surface area (Å²) in [6, 6.07) is 19.0. The van der Waals surface area contributed by atoms with Crippen LogP contribution in [0, 0.1) is 11.6 Å². The van der Waals surface area contributed by atoms with Gasteiger partial charge in [-0.15, -0.1) is 11.8 Å². The number of rotatable bonds is 8. The van der Waals surface area contributed by atoms with Gasteiger partial charge in [0.25, 0.3) is 0 Å². The number of amides is 1. The average Bonchev–Trinajstić information content (AvgIpc) is 2.71. The van der Waals surface area contributed by atoms with Gasteiger partial charge in [0.05, 0.1) is 6.42 Å². The van der Waals surface area contributed by atoms with Crippen molar-refractivity contribution in [3.05, 3.63) is 95.1 Å². The Balaban J connectivity index is 1.65. The maximum absolute atomic E-state index is 14.9. The van der Waals surface area contributed by atoms with E-state index in [0.29, 0.717) is 17.7 Å². The van der Waals surface area contributed by atoms with E-state index in [0.717, 1.165) is 16.9 Å². The number of carbonyl (C=O) groups is 1. The molecular weight excluding hydrogens is 412 g/mol. The lowest BCUT2D eigenvalue weighted by molar-refractivity contribution is -0.115. The molecule has 1 N–H and O–H groups in total. The lowest BCUT2D eigenvalue weighted by atomic mass is 9.79. The second-order valence-corrected chi connectivity index (χ2v) is 9.52. The van der Waals surface area contributed by atoms with Crippen LogP contribution in [0.4, 0.5) is 14.5 Å². The normalized spacial score (nSPS) is 11.4. The van der Waals surface area contributed by atoms with Crippen LogP contribution in [0.1, 0.15) is 37.5 Å². The Hall–Kier alpha value is -2.66. The van der Waals surface area contributed by atoms with Gasteiger partial charge in [-0.2, -0.15) is 0 Å². The molecule has 3 aromatic rings. The van der Waals surface area contributed by atoms with E-state index >= 15 is 0 Å². The molecule has 0 radical (unpaired) electrons. The third kappa shape index (κ3) is 6.41. The van der Waals surface area contributed by atoms with Gasteiger partial charge in [0.2, 0.25) is 5.91 Å². The van der Waals surface area contributed by atoms with E-state index < -0.39 is 5.41 Å². The van der Waals surface area contributed by atoms with Crippen LogP contribution in [0.25, 0.3) is 0 Å². The minimum absolute atomic E-state index is 0.186. The van der Waals surface area contributed by atoms with Crippen LogP contribution in [0.2, 0.25) is 0 Å². The molecule has 0 aliphatic heterocycles. The van der Waals surface area contributed by atoms with Crippen molar-refractivity contribution < 1.29 is 13.6 Å². The minimum atomic E-state index is -0.483. The first-order valence-electron chi connectivity index (χ1n) is 10.3. The molecule has 5 heteroatoms. The summed E-state index contributed by atoms with van der Waals surface area (Å²) in [5.41, 5.74) is 2.35. The highest BCUT2D eigenvalue weighted by molar-refractivity contribution is 7.99. The van der Waals surface area contributed by atoms with Gasteiger partial charge in [-0.25, -0.2) is 8.78 Å². The van der Waals surface area contributed by atoms with Crippen molar-refractivity contribution in [2.75, 3.05) is 11.1 Å². The Kier molecular flexibility index (Phi) is 7.50. The van der Waals surface area contributed by atoms with Gasteiger partial charge in [-0.05, 0) is 70.7 Å². The standard InChI is InChI=1S/C26H27F2NOS/c1-4-31-22-12-7-18(8-13-22)15-25(30)29-21-11-14-23(24(28)16-21)26(2,3)17-19-5-9-20(27)10-6-19/h5-14,16H,4,15,17H2,1-3H3,(H,29,30). The summed E-state index contributed by atoms with van der Waals surface area (Å²) < 4.78 is 28.0. The van der Waals surface area contributed by atoms with Gasteiger partial charge < -0.3 is 5.32 Å². The van der Waals surface area contributed by atoms with Gasteiger partial charge in [-0.3, -0.25) is 4.79 Å². The first-order chi connectivity index (χ1) is 14.8. The largest absolute Gasteiger partial charge is 0.326 e. The predicted molar refractivity (Wildman–Crippen MR) is 125 cm³/mol. The average molecular weight is 440 g/mol. The molecule has 0 atom stereocenters. The molecule has 0 aromatic heterocycles. The molecule has 162 valence electrons. The highest BCUT2D eigenvalue weighted by Crippen LogP contribution is 2.31. The van der Waals surface area contributed by atoms with Gasteiger partial charge in [0.15, 0.2) is 0 Å². The lowest BCUT2D eigenvalue weighted by Crippen LogP contribution is -2.22. The minimum Gasteiger partial charge on any atom is -0.326 e. The highest BCUT2D eigenvalue weighted by Gasteiger charge is 2.25. The van der Waals surface area contributed by atoms with Crippen LogP contribution in [-0.2, 0) is 23.1 Å². The first kappa shape index (κ1) is 23.0. The Labute approximate surface area is 187 Å².